The summed E-state index contributed by atoms with van der Waals surface area (Å²) in [6, 6.07) is 3.60. The molecule has 1 aromatic carbocycles. The molecule has 1 rings (SSSR count). The first-order chi connectivity index (χ1) is 9.86. The van der Waals surface area contributed by atoms with Crippen LogP contribution in [0.15, 0.2) is 24.2 Å². The molecule has 0 fully saturated rings. The molecule has 0 atom stereocenters. The Morgan fingerprint density at radius 3 is 2.27 bits per heavy atom. The van der Waals surface area contributed by atoms with Gasteiger partial charge in [0.2, 0.25) is 0 Å². The number of hydrogen-bond acceptors (Lipinski definition) is 2. The van der Waals surface area contributed by atoms with Crippen molar-refractivity contribution in [1.82, 2.24) is 0 Å². The average molecular weight is 334 g/mol. The van der Waals surface area contributed by atoms with Crippen LogP contribution < -0.4 is 0 Å². The van der Waals surface area contributed by atoms with Gasteiger partial charge in [0.05, 0.1) is 16.8 Å². The zero-order chi connectivity index (χ0) is 17.2. The number of hydrogen-bond donors (Lipinski definition) is 1. The fourth-order valence-corrected chi connectivity index (χ4v) is 1.68. The van der Waals surface area contributed by atoms with Gasteiger partial charge in [-0.3, -0.25) is 0 Å². The molecule has 22 heavy (non-hydrogen) atoms. The lowest BCUT2D eigenvalue weighted by molar-refractivity contribution is -0.137. The van der Waals surface area contributed by atoms with Crippen molar-refractivity contribution in [3.05, 3.63) is 40.3 Å². The predicted octanol–water partition coefficient (Wildman–Crippen LogP) is 4.51. The van der Waals surface area contributed by atoms with Gasteiger partial charge in [-0.1, -0.05) is 29.7 Å². The van der Waals surface area contributed by atoms with E-state index in [9.17, 15) is 18.3 Å². The van der Waals surface area contributed by atoms with Gasteiger partial charge in [-0.05, 0) is 39.8 Å². The van der Waals surface area contributed by atoms with Crippen molar-refractivity contribution in [2.45, 2.75) is 45.1 Å². The molecule has 0 spiro atoms. The van der Waals surface area contributed by atoms with Crippen LogP contribution in [-0.4, -0.2) is 23.8 Å². The summed E-state index contributed by atoms with van der Waals surface area (Å²) in [7, 11) is 1.24. The normalized spacial score (nSPS) is 13.7. The molecule has 1 N–H and O–H groups in total. The molecule has 0 aliphatic heterocycles. The third-order valence-electron chi connectivity index (χ3n) is 3.54. The number of halogens is 4. The second kappa shape index (κ2) is 6.65. The highest BCUT2D eigenvalue weighted by Crippen LogP contribution is 2.35. The lowest BCUT2D eigenvalue weighted by atomic mass is 9.86. The van der Waals surface area contributed by atoms with Crippen molar-refractivity contribution in [3.8, 4) is 0 Å². The maximum absolute atomic E-state index is 12.9. The van der Waals surface area contributed by atoms with Gasteiger partial charge in [0.1, 0.15) is 0 Å². The summed E-state index contributed by atoms with van der Waals surface area (Å²) in [4.78, 5) is 0. The molecule has 0 aliphatic rings. The molecule has 0 saturated carbocycles. The highest BCUT2D eigenvalue weighted by molar-refractivity contribution is 6.36. The fourth-order valence-electron chi connectivity index (χ4n) is 1.44. The van der Waals surface area contributed by atoms with E-state index < -0.39 is 22.9 Å². The summed E-state index contributed by atoms with van der Waals surface area (Å²) in [6.07, 6.45) is -3.26. The van der Waals surface area contributed by atoms with E-state index in [1.807, 2.05) is 0 Å². The van der Waals surface area contributed by atoms with Crippen molar-refractivity contribution >= 4 is 25.2 Å². The summed E-state index contributed by atoms with van der Waals surface area (Å²) < 4.78 is 44.1. The van der Waals surface area contributed by atoms with Crippen LogP contribution in [0.4, 0.5) is 13.2 Å². The van der Waals surface area contributed by atoms with Crippen LogP contribution in [0, 0.1) is 0 Å². The number of benzene rings is 1. The van der Waals surface area contributed by atoms with E-state index in [2.05, 4.69) is 0 Å². The molecule has 0 saturated heterocycles. The molecule has 0 bridgehead atoms. The first kappa shape index (κ1) is 19.1. The molecule has 0 heterocycles. The summed E-state index contributed by atoms with van der Waals surface area (Å²) in [5.41, 5.74) is -2.95. The van der Waals surface area contributed by atoms with E-state index in [4.69, 9.17) is 16.3 Å². The maximum Gasteiger partial charge on any atom is 0.417 e. The Morgan fingerprint density at radius 2 is 1.77 bits per heavy atom. The molecule has 0 aliphatic carbocycles. The lowest BCUT2D eigenvalue weighted by Crippen LogP contribution is -2.47. The van der Waals surface area contributed by atoms with Crippen molar-refractivity contribution in [2.24, 2.45) is 0 Å². The Kier molecular flexibility index (Phi) is 5.76. The summed E-state index contributed by atoms with van der Waals surface area (Å²) >= 11 is 5.83. The van der Waals surface area contributed by atoms with E-state index in [1.54, 1.807) is 27.7 Å². The van der Waals surface area contributed by atoms with E-state index in [0.29, 0.717) is 0 Å². The van der Waals surface area contributed by atoms with Gasteiger partial charge in [-0.2, -0.15) is 13.2 Å². The van der Waals surface area contributed by atoms with Crippen LogP contribution in [0.3, 0.4) is 0 Å². The first-order valence-corrected chi connectivity index (χ1v) is 7.00. The van der Waals surface area contributed by atoms with Crippen LogP contribution in [0.2, 0.25) is 5.02 Å². The van der Waals surface area contributed by atoms with Crippen molar-refractivity contribution in [3.63, 3.8) is 0 Å². The molecule has 0 amide bonds. The van der Waals surface area contributed by atoms with Crippen molar-refractivity contribution in [2.75, 3.05) is 0 Å². The molecular weight excluding hydrogens is 315 g/mol. The van der Waals surface area contributed by atoms with Gasteiger partial charge < -0.3 is 9.76 Å². The highest BCUT2D eigenvalue weighted by Gasteiger charge is 2.35. The van der Waals surface area contributed by atoms with Gasteiger partial charge >= 0.3 is 13.7 Å². The van der Waals surface area contributed by atoms with E-state index in [-0.39, 0.29) is 10.6 Å². The van der Waals surface area contributed by atoms with Crippen LogP contribution >= 0.6 is 11.6 Å². The van der Waals surface area contributed by atoms with Gasteiger partial charge in [0, 0.05) is 10.6 Å². The van der Waals surface area contributed by atoms with E-state index >= 15 is 0 Å². The van der Waals surface area contributed by atoms with Crippen LogP contribution in [0.25, 0.3) is 6.08 Å². The molecular formula is C15H18BClF3O2. The molecule has 121 valence electrons. The molecule has 1 radical (unpaired) electrons. The van der Waals surface area contributed by atoms with Crippen LogP contribution in [0.1, 0.15) is 38.8 Å². The largest absolute Gasteiger partial charge is 0.427 e. The number of rotatable bonds is 5. The van der Waals surface area contributed by atoms with E-state index in [0.717, 1.165) is 6.07 Å². The van der Waals surface area contributed by atoms with Gasteiger partial charge in [0.15, 0.2) is 0 Å². The summed E-state index contributed by atoms with van der Waals surface area (Å²) in [5, 5.41) is 9.92. The van der Waals surface area contributed by atoms with Gasteiger partial charge in [0.25, 0.3) is 0 Å². The van der Waals surface area contributed by atoms with E-state index in [1.165, 1.54) is 31.7 Å². The minimum Gasteiger partial charge on any atom is -0.427 e. The lowest BCUT2D eigenvalue weighted by Gasteiger charge is -2.37. The third-order valence-corrected chi connectivity index (χ3v) is 3.87. The second-order valence-electron chi connectivity index (χ2n) is 5.88. The number of aliphatic hydroxyl groups is 1. The molecule has 2 nitrogen and oxygen atoms in total. The predicted molar refractivity (Wildman–Crippen MR) is 82.7 cm³/mol. The zero-order valence-corrected chi connectivity index (χ0v) is 13.6. The fraction of sp³-hybridized carbons (Fsp3) is 0.467. The first-order valence-electron chi connectivity index (χ1n) is 6.62. The van der Waals surface area contributed by atoms with Crippen LogP contribution in [0.5, 0.6) is 0 Å². The maximum atomic E-state index is 12.9. The Hall–Kier alpha value is -0.975. The van der Waals surface area contributed by atoms with Crippen LogP contribution in [-0.2, 0) is 10.8 Å². The SMILES string of the molecule is CC(C)(O)C(C)(C)O[B]/C=C/c1c(Cl)cccc1C(F)(F)F. The highest BCUT2D eigenvalue weighted by atomic mass is 35.5. The minimum atomic E-state index is -4.49. The standard InChI is InChI=1S/C15H18BClF3O2/c1-13(2,21)14(3,4)22-16-9-8-10-11(15(18,19)20)6-5-7-12(10)17/h5-9,21H,1-4H3/b9-8+. The smallest absolute Gasteiger partial charge is 0.417 e. The summed E-state index contributed by atoms with van der Waals surface area (Å²) in [6.45, 7) is 6.52. The molecule has 0 aromatic heterocycles. The van der Waals surface area contributed by atoms with Gasteiger partial charge in [-0.15, -0.1) is 0 Å². The zero-order valence-electron chi connectivity index (χ0n) is 12.8. The Bertz CT molecular complexity index is 549. The topological polar surface area (TPSA) is 29.5 Å². The Morgan fingerprint density at radius 1 is 1.18 bits per heavy atom. The minimum absolute atomic E-state index is 0.00113. The third kappa shape index (κ3) is 4.76. The van der Waals surface area contributed by atoms with Crippen molar-refractivity contribution < 1.29 is 22.9 Å². The Balaban J connectivity index is 2.89. The second-order valence-corrected chi connectivity index (χ2v) is 6.29. The summed E-state index contributed by atoms with van der Waals surface area (Å²) in [5.74, 6) is 1.32. The molecule has 1 aromatic rings. The monoisotopic (exact) mass is 333 g/mol. The quantitative estimate of drug-likeness (QED) is 0.803. The van der Waals surface area contributed by atoms with Gasteiger partial charge in [-0.25, -0.2) is 0 Å². The number of alkyl halides is 3. The Labute approximate surface area is 134 Å². The molecule has 0 unspecified atom stereocenters. The average Bonchev–Trinajstić information content (AvgIpc) is 2.33. The molecule has 7 heteroatoms. The van der Waals surface area contributed by atoms with Crippen molar-refractivity contribution in [1.29, 1.82) is 0 Å².